The number of rotatable bonds is 3. The van der Waals surface area contributed by atoms with Crippen molar-refractivity contribution < 1.29 is 15.3 Å². The van der Waals surface area contributed by atoms with Gasteiger partial charge in [-0.3, -0.25) is 4.68 Å². The molecule has 1 aliphatic carbocycles. The summed E-state index contributed by atoms with van der Waals surface area (Å²) in [6.45, 7) is 0.192. The maximum absolute atomic E-state index is 12.5. The molecule has 2 rings (SSSR count). The van der Waals surface area contributed by atoms with Crippen molar-refractivity contribution in [3.63, 3.8) is 0 Å². The van der Waals surface area contributed by atoms with Crippen LogP contribution in [0.5, 0.6) is 0 Å². The molecule has 0 bridgehead atoms. The Morgan fingerprint density at radius 1 is 1.50 bits per heavy atom. The summed E-state index contributed by atoms with van der Waals surface area (Å²) in [5.74, 6) is 0.326. The molecule has 90 valence electrons. The summed E-state index contributed by atoms with van der Waals surface area (Å²) in [7, 11) is 0. The Morgan fingerprint density at radius 2 is 2.19 bits per heavy atom. The van der Waals surface area contributed by atoms with E-state index in [9.17, 15) is 8.78 Å². The molecule has 0 amide bonds. The van der Waals surface area contributed by atoms with Gasteiger partial charge in [0.05, 0.1) is 7.41 Å². The molecule has 0 unspecified atom stereocenters. The molecule has 16 heavy (non-hydrogen) atoms. The fourth-order valence-electron chi connectivity index (χ4n) is 2.20. The minimum absolute atomic E-state index is 0.0920. The van der Waals surface area contributed by atoms with Crippen LogP contribution in [-0.2, 0) is 0 Å². The minimum Gasteiger partial charge on any atom is -0.396 e. The summed E-state index contributed by atoms with van der Waals surface area (Å²) in [5, 5.41) is 12.8. The predicted octanol–water partition coefficient (Wildman–Crippen LogP) is 2.54. The molecule has 1 aliphatic rings. The second-order valence-electron chi connectivity index (χ2n) is 4.30. The maximum Gasteiger partial charge on any atom is 0.282 e. The molecule has 0 radical (unpaired) electrons. The third-order valence-electron chi connectivity index (χ3n) is 3.22. The predicted molar refractivity (Wildman–Crippen MR) is 55.3 cm³/mol. The number of hydrogen-bond donors (Lipinski definition) is 1. The van der Waals surface area contributed by atoms with Crippen LogP contribution in [0.4, 0.5) is 8.78 Å². The van der Waals surface area contributed by atoms with Crippen LogP contribution in [0.3, 0.4) is 0 Å². The lowest BCUT2D eigenvalue weighted by atomic mass is 9.87. The van der Waals surface area contributed by atoms with Gasteiger partial charge >= 0.3 is 0 Å². The highest BCUT2D eigenvalue weighted by molar-refractivity contribution is 5.01. The third kappa shape index (κ3) is 2.40. The molecule has 1 fully saturated rings. The monoisotopic (exact) mass is 231 g/mol. The molecule has 1 saturated carbocycles. The summed E-state index contributed by atoms with van der Waals surface area (Å²) >= 11 is 0. The topological polar surface area (TPSA) is 38.0 Å². The van der Waals surface area contributed by atoms with Gasteiger partial charge in [0.15, 0.2) is 0 Å². The molecule has 5 heteroatoms. The zero-order chi connectivity index (χ0) is 12.4. The lowest BCUT2D eigenvalue weighted by Crippen LogP contribution is -2.20. The Kier molecular flexibility index (Phi) is 3.13. The number of aromatic nitrogens is 2. The maximum atomic E-state index is 12.5. The second kappa shape index (κ2) is 4.91. The zero-order valence-electron chi connectivity index (χ0n) is 9.94. The van der Waals surface area contributed by atoms with Crippen molar-refractivity contribution >= 4 is 0 Å². The van der Waals surface area contributed by atoms with Crippen molar-refractivity contribution in [2.75, 3.05) is 6.61 Å². The van der Waals surface area contributed by atoms with Crippen LogP contribution in [0.1, 0.15) is 45.2 Å². The van der Waals surface area contributed by atoms with Gasteiger partial charge < -0.3 is 5.11 Å². The van der Waals surface area contributed by atoms with E-state index in [1.54, 1.807) is 0 Å². The minimum atomic E-state index is -2.68. The van der Waals surface area contributed by atoms with E-state index >= 15 is 0 Å². The van der Waals surface area contributed by atoms with E-state index in [-0.39, 0.29) is 18.7 Å². The van der Waals surface area contributed by atoms with Crippen LogP contribution in [0.25, 0.3) is 0 Å². The summed E-state index contributed by atoms with van der Waals surface area (Å²) in [6.07, 6.45) is 2.13. The first-order valence-electron chi connectivity index (χ1n) is 6.06. The van der Waals surface area contributed by atoms with Gasteiger partial charge in [0, 0.05) is 12.8 Å². The van der Waals surface area contributed by atoms with E-state index < -0.39 is 12.1 Å². The van der Waals surface area contributed by atoms with Gasteiger partial charge in [-0.15, -0.1) is 0 Å². The molecule has 0 saturated heterocycles. The van der Waals surface area contributed by atoms with E-state index in [0.717, 1.165) is 25.7 Å². The normalized spacial score (nSPS) is 27.1. The highest BCUT2D eigenvalue weighted by Gasteiger charge is 2.23. The third-order valence-corrected chi connectivity index (χ3v) is 3.22. The first-order chi connectivity index (χ1) is 8.11. The first kappa shape index (κ1) is 10.2. The molecular formula is C11H16F2N2O. The largest absolute Gasteiger partial charge is 0.396 e. The number of nitrogens with zero attached hydrogens (tertiary/aromatic N) is 2. The van der Waals surface area contributed by atoms with Gasteiger partial charge in [-0.25, -0.2) is 8.78 Å². The smallest absolute Gasteiger partial charge is 0.282 e. The second-order valence-corrected chi connectivity index (χ2v) is 4.30. The Hall–Kier alpha value is -0.970. The molecule has 3 nitrogen and oxygen atoms in total. The number of halogens is 2. The lowest BCUT2D eigenvalue weighted by Gasteiger charge is -2.27. The first-order valence-corrected chi connectivity index (χ1v) is 5.56. The van der Waals surface area contributed by atoms with Gasteiger partial charge in [0.25, 0.3) is 6.43 Å². The quantitative estimate of drug-likeness (QED) is 0.868. The average Bonchev–Trinajstić information content (AvgIpc) is 2.71. The van der Waals surface area contributed by atoms with Gasteiger partial charge in [0.1, 0.15) is 5.69 Å². The fourth-order valence-corrected chi connectivity index (χ4v) is 2.20. The lowest BCUT2D eigenvalue weighted by molar-refractivity contribution is 0.141. The van der Waals surface area contributed by atoms with E-state index in [2.05, 4.69) is 5.10 Å². The molecule has 1 aromatic heterocycles. The van der Waals surface area contributed by atoms with Crippen LogP contribution in [0.2, 0.25) is 0 Å². The zero-order valence-corrected chi connectivity index (χ0v) is 8.94. The highest BCUT2D eigenvalue weighted by Crippen LogP contribution is 2.32. The number of aliphatic hydroxyl groups is 1. The highest BCUT2D eigenvalue weighted by atomic mass is 19.3. The Balaban J connectivity index is 2.06. The van der Waals surface area contributed by atoms with Crippen molar-refractivity contribution in [3.8, 4) is 0 Å². The van der Waals surface area contributed by atoms with Crippen LogP contribution in [0, 0.1) is 5.92 Å². The summed E-state index contributed by atoms with van der Waals surface area (Å²) in [5.41, 5.74) is -0.436. The molecule has 0 atom stereocenters. The number of aliphatic hydroxyl groups excluding tert-OH is 1. The fraction of sp³-hybridized carbons (Fsp3) is 0.727. The van der Waals surface area contributed by atoms with Crippen molar-refractivity contribution in [2.45, 2.75) is 38.2 Å². The van der Waals surface area contributed by atoms with Crippen LogP contribution in [0.15, 0.2) is 12.2 Å². The van der Waals surface area contributed by atoms with Crippen molar-refractivity contribution in [3.05, 3.63) is 17.9 Å². The molecular weight excluding hydrogens is 214 g/mol. The van der Waals surface area contributed by atoms with Crippen molar-refractivity contribution in [1.29, 1.82) is 0 Å². The Bertz CT molecular complexity index is 376. The molecule has 0 aromatic carbocycles. The number of hydrogen-bond acceptors (Lipinski definition) is 2. The van der Waals surface area contributed by atoms with Crippen LogP contribution >= 0.6 is 0 Å². The van der Waals surface area contributed by atoms with Gasteiger partial charge in [0.2, 0.25) is 0 Å². The van der Waals surface area contributed by atoms with E-state index in [1.165, 1.54) is 10.9 Å². The van der Waals surface area contributed by atoms with Crippen LogP contribution in [-0.4, -0.2) is 21.5 Å². The van der Waals surface area contributed by atoms with E-state index in [4.69, 9.17) is 6.48 Å². The summed E-state index contributed by atoms with van der Waals surface area (Å²) < 4.78 is 33.9. The molecule has 0 aliphatic heterocycles. The van der Waals surface area contributed by atoms with Crippen molar-refractivity contribution in [1.82, 2.24) is 9.78 Å². The molecule has 1 heterocycles. The Labute approximate surface area is 94.5 Å². The summed E-state index contributed by atoms with van der Waals surface area (Å²) in [6, 6.07) is -0.0984. The number of alkyl halides is 2. The average molecular weight is 231 g/mol. The molecule has 1 aromatic rings. The van der Waals surface area contributed by atoms with Gasteiger partial charge in [-0.2, -0.15) is 5.10 Å². The molecule has 0 spiro atoms. The standard InChI is InChI=1S/C11H16F2N2O/c12-11(13)10-5-6-15(14-10)9-3-1-8(7-16)2-4-9/h5-6,8-9,11,16H,1-4,7H2/i5D. The van der Waals surface area contributed by atoms with E-state index in [1.807, 2.05) is 0 Å². The van der Waals surface area contributed by atoms with Gasteiger partial charge in [-0.1, -0.05) is 0 Å². The summed E-state index contributed by atoms with van der Waals surface area (Å²) in [4.78, 5) is 0. The van der Waals surface area contributed by atoms with Crippen LogP contribution < -0.4 is 0 Å². The van der Waals surface area contributed by atoms with E-state index in [0.29, 0.717) is 5.92 Å². The SMILES string of the molecule is [2H]c1cn(C2CCC(CO)CC2)nc1C(F)F. The Morgan fingerprint density at radius 3 is 2.69 bits per heavy atom. The molecule has 1 N–H and O–H groups in total. The van der Waals surface area contributed by atoms with Gasteiger partial charge in [-0.05, 0) is 37.6 Å². The van der Waals surface area contributed by atoms with Crippen molar-refractivity contribution in [2.24, 2.45) is 5.92 Å².